The second-order valence-electron chi connectivity index (χ2n) is 5.79. The summed E-state index contributed by atoms with van der Waals surface area (Å²) in [5.74, 6) is 1.24. The normalized spacial score (nSPS) is 26.6. The summed E-state index contributed by atoms with van der Waals surface area (Å²) in [6, 6.07) is 5.00. The molecule has 0 aromatic heterocycles. The minimum absolute atomic E-state index is 0.0116. The highest BCUT2D eigenvalue weighted by atomic mass is 79.9. The van der Waals surface area contributed by atoms with Crippen LogP contribution in [-0.4, -0.2) is 21.6 Å². The fourth-order valence-electron chi connectivity index (χ4n) is 2.87. The molecule has 0 bridgehead atoms. The summed E-state index contributed by atoms with van der Waals surface area (Å²) in [5.41, 5.74) is 0. The van der Waals surface area contributed by atoms with Crippen molar-refractivity contribution in [1.29, 1.82) is 0 Å². The number of hydrogen-bond acceptors (Lipinski definition) is 3. The molecule has 1 saturated carbocycles. The highest BCUT2D eigenvalue weighted by Gasteiger charge is 2.31. The number of methoxy groups -OCH3 is 1. The quantitative estimate of drug-likeness (QED) is 0.874. The molecule has 1 fully saturated rings. The summed E-state index contributed by atoms with van der Waals surface area (Å²) in [6.07, 6.45) is 3.12. The van der Waals surface area contributed by atoms with Crippen molar-refractivity contribution in [3.63, 3.8) is 0 Å². The molecule has 1 aromatic rings. The molecule has 0 aliphatic heterocycles. The molecule has 3 atom stereocenters. The Labute approximate surface area is 135 Å². The standard InChI is InChI=1S/C15H22BrNO3S/c1-10-5-4-6-13(11(10)2)17-21(18,19)15-9-12(16)7-8-14(15)20-3/h7-11,13,17H,4-6H2,1-3H3/t10-,11+,13-/m0/s1. The highest BCUT2D eigenvalue weighted by molar-refractivity contribution is 9.10. The first kappa shape index (κ1) is 16.8. The van der Waals surface area contributed by atoms with E-state index in [4.69, 9.17) is 4.74 Å². The lowest BCUT2D eigenvalue weighted by atomic mass is 9.78. The van der Waals surface area contributed by atoms with E-state index in [1.54, 1.807) is 18.2 Å². The van der Waals surface area contributed by atoms with Crippen molar-refractivity contribution >= 4 is 26.0 Å². The Kier molecular flexibility index (Phi) is 5.33. The Hall–Kier alpha value is -0.590. The van der Waals surface area contributed by atoms with E-state index < -0.39 is 10.0 Å². The summed E-state index contributed by atoms with van der Waals surface area (Å²) in [4.78, 5) is 0.185. The zero-order valence-corrected chi connectivity index (χ0v) is 15.0. The molecule has 0 radical (unpaired) electrons. The molecule has 0 spiro atoms. The van der Waals surface area contributed by atoms with Crippen LogP contribution in [0.2, 0.25) is 0 Å². The topological polar surface area (TPSA) is 55.4 Å². The second-order valence-corrected chi connectivity index (χ2v) is 8.39. The van der Waals surface area contributed by atoms with E-state index in [9.17, 15) is 8.42 Å². The number of benzene rings is 1. The molecular weight excluding hydrogens is 354 g/mol. The molecule has 0 saturated heterocycles. The minimum atomic E-state index is -3.59. The summed E-state index contributed by atoms with van der Waals surface area (Å²) in [6.45, 7) is 4.31. The van der Waals surface area contributed by atoms with Crippen LogP contribution in [0, 0.1) is 11.8 Å². The second kappa shape index (κ2) is 6.67. The molecule has 2 rings (SSSR count). The van der Waals surface area contributed by atoms with Gasteiger partial charge < -0.3 is 4.74 Å². The maximum atomic E-state index is 12.7. The number of ether oxygens (including phenoxy) is 1. The van der Waals surface area contributed by atoms with Crippen LogP contribution in [0.25, 0.3) is 0 Å². The fourth-order valence-corrected chi connectivity index (χ4v) is 4.94. The number of hydrogen-bond donors (Lipinski definition) is 1. The highest BCUT2D eigenvalue weighted by Crippen LogP contribution is 2.32. The Bertz CT molecular complexity index is 603. The largest absolute Gasteiger partial charge is 0.495 e. The molecule has 21 heavy (non-hydrogen) atoms. The summed E-state index contributed by atoms with van der Waals surface area (Å²) >= 11 is 3.32. The SMILES string of the molecule is COc1ccc(Br)cc1S(=O)(=O)N[C@H]1CCC[C@H](C)[C@H]1C. The van der Waals surface area contributed by atoms with Crippen molar-refractivity contribution in [2.45, 2.75) is 44.0 Å². The van der Waals surface area contributed by atoms with Crippen LogP contribution in [0.15, 0.2) is 27.6 Å². The predicted molar refractivity (Wildman–Crippen MR) is 87.0 cm³/mol. The Morgan fingerprint density at radius 2 is 2.00 bits per heavy atom. The van der Waals surface area contributed by atoms with Gasteiger partial charge in [-0.2, -0.15) is 0 Å². The fraction of sp³-hybridized carbons (Fsp3) is 0.600. The van der Waals surface area contributed by atoms with Crippen molar-refractivity contribution in [2.75, 3.05) is 7.11 Å². The summed E-state index contributed by atoms with van der Waals surface area (Å²) in [7, 11) is -2.11. The van der Waals surface area contributed by atoms with Gasteiger partial charge in [-0.15, -0.1) is 0 Å². The van der Waals surface area contributed by atoms with E-state index in [2.05, 4.69) is 34.5 Å². The van der Waals surface area contributed by atoms with Gasteiger partial charge in [-0.05, 0) is 36.5 Å². The van der Waals surface area contributed by atoms with E-state index in [-0.39, 0.29) is 10.9 Å². The van der Waals surface area contributed by atoms with E-state index in [1.807, 2.05) is 0 Å². The Morgan fingerprint density at radius 3 is 2.67 bits per heavy atom. The van der Waals surface area contributed by atoms with Gasteiger partial charge in [0.1, 0.15) is 10.6 Å². The van der Waals surface area contributed by atoms with Crippen LogP contribution in [0.5, 0.6) is 5.75 Å². The summed E-state index contributed by atoms with van der Waals surface area (Å²) < 4.78 is 34.1. The molecule has 118 valence electrons. The maximum absolute atomic E-state index is 12.7. The van der Waals surface area contributed by atoms with Gasteiger partial charge in [0.15, 0.2) is 0 Å². The zero-order valence-electron chi connectivity index (χ0n) is 12.6. The third-order valence-electron chi connectivity index (χ3n) is 4.43. The van der Waals surface area contributed by atoms with Crippen LogP contribution in [0.3, 0.4) is 0 Å². The van der Waals surface area contributed by atoms with E-state index >= 15 is 0 Å². The zero-order chi connectivity index (χ0) is 15.6. The molecule has 6 heteroatoms. The first-order valence-electron chi connectivity index (χ1n) is 7.21. The first-order chi connectivity index (χ1) is 9.85. The van der Waals surface area contributed by atoms with Crippen molar-refractivity contribution < 1.29 is 13.2 Å². The molecule has 0 unspecified atom stereocenters. The van der Waals surface area contributed by atoms with E-state index in [0.29, 0.717) is 22.1 Å². The van der Waals surface area contributed by atoms with Crippen molar-refractivity contribution in [2.24, 2.45) is 11.8 Å². The molecule has 4 nitrogen and oxygen atoms in total. The Morgan fingerprint density at radius 1 is 1.29 bits per heavy atom. The lowest BCUT2D eigenvalue weighted by Crippen LogP contribution is -2.43. The van der Waals surface area contributed by atoms with Gasteiger partial charge in [0.2, 0.25) is 10.0 Å². The van der Waals surface area contributed by atoms with E-state index in [0.717, 1.165) is 12.8 Å². The van der Waals surface area contributed by atoms with Gasteiger partial charge in [0.25, 0.3) is 0 Å². The van der Waals surface area contributed by atoms with Gasteiger partial charge in [-0.1, -0.05) is 42.6 Å². The molecule has 0 heterocycles. The average Bonchev–Trinajstić information content (AvgIpc) is 2.44. The van der Waals surface area contributed by atoms with Crippen LogP contribution >= 0.6 is 15.9 Å². The lowest BCUT2D eigenvalue weighted by molar-refractivity contribution is 0.227. The molecule has 1 aliphatic rings. The lowest BCUT2D eigenvalue weighted by Gasteiger charge is -2.34. The molecule has 1 aliphatic carbocycles. The van der Waals surface area contributed by atoms with Crippen LogP contribution < -0.4 is 9.46 Å². The van der Waals surface area contributed by atoms with Gasteiger partial charge in [-0.25, -0.2) is 13.1 Å². The minimum Gasteiger partial charge on any atom is -0.495 e. The number of nitrogens with one attached hydrogen (secondary N) is 1. The maximum Gasteiger partial charge on any atom is 0.244 e. The number of sulfonamides is 1. The first-order valence-corrected chi connectivity index (χ1v) is 9.48. The molecule has 0 amide bonds. The molecular formula is C15H22BrNO3S. The van der Waals surface area contributed by atoms with Gasteiger partial charge in [0, 0.05) is 10.5 Å². The Balaban J connectivity index is 2.28. The van der Waals surface area contributed by atoms with E-state index in [1.165, 1.54) is 13.5 Å². The van der Waals surface area contributed by atoms with Crippen LogP contribution in [0.4, 0.5) is 0 Å². The third kappa shape index (κ3) is 3.79. The van der Waals surface area contributed by atoms with Crippen LogP contribution in [-0.2, 0) is 10.0 Å². The number of halogens is 1. The third-order valence-corrected chi connectivity index (χ3v) is 6.43. The smallest absolute Gasteiger partial charge is 0.244 e. The average molecular weight is 376 g/mol. The predicted octanol–water partition coefficient (Wildman–Crippen LogP) is 3.56. The van der Waals surface area contributed by atoms with Crippen molar-refractivity contribution in [3.05, 3.63) is 22.7 Å². The number of rotatable bonds is 4. The van der Waals surface area contributed by atoms with Gasteiger partial charge in [0.05, 0.1) is 7.11 Å². The monoisotopic (exact) mass is 375 g/mol. The summed E-state index contributed by atoms with van der Waals surface area (Å²) in [5, 5.41) is 0. The van der Waals surface area contributed by atoms with Crippen molar-refractivity contribution in [1.82, 2.24) is 4.72 Å². The van der Waals surface area contributed by atoms with Crippen molar-refractivity contribution in [3.8, 4) is 5.75 Å². The van der Waals surface area contributed by atoms with Gasteiger partial charge in [-0.3, -0.25) is 0 Å². The molecule has 1 N–H and O–H groups in total. The van der Waals surface area contributed by atoms with Crippen LogP contribution in [0.1, 0.15) is 33.1 Å². The molecule has 1 aromatic carbocycles. The van der Waals surface area contributed by atoms with Gasteiger partial charge >= 0.3 is 0 Å².